The fourth-order valence-corrected chi connectivity index (χ4v) is 1.31. The summed E-state index contributed by atoms with van der Waals surface area (Å²) in [5.41, 5.74) is 6.45. The van der Waals surface area contributed by atoms with Crippen molar-refractivity contribution >= 4 is 27.7 Å². The van der Waals surface area contributed by atoms with E-state index in [1.807, 2.05) is 6.92 Å². The van der Waals surface area contributed by atoms with E-state index < -0.39 is 0 Å². The summed E-state index contributed by atoms with van der Waals surface area (Å²) in [6.45, 7) is 3.97. The third-order valence-electron chi connectivity index (χ3n) is 1.68. The molecular weight excluding hydrogens is 250 g/mol. The molecule has 0 fully saturated rings. The maximum absolute atomic E-state index is 11.1. The molecule has 78 valence electrons. The van der Waals surface area contributed by atoms with Crippen molar-refractivity contribution in [2.45, 2.75) is 20.4 Å². The standard InChI is InChI=1S/C8H12BrN3O2/c1-3-14-6(13)4-12-8(10)7(9)5(2)11-12/h3-4,10H2,1-2H3. The molecule has 0 saturated heterocycles. The summed E-state index contributed by atoms with van der Waals surface area (Å²) in [6, 6.07) is 0. The number of nitrogen functional groups attached to an aromatic ring is 1. The number of halogens is 1. The SMILES string of the molecule is CCOC(=O)Cn1nc(C)c(Br)c1N. The van der Waals surface area contributed by atoms with Crippen LogP contribution in [0.15, 0.2) is 4.47 Å². The lowest BCUT2D eigenvalue weighted by molar-refractivity contribution is -0.144. The highest BCUT2D eigenvalue weighted by molar-refractivity contribution is 9.10. The Labute approximate surface area is 90.3 Å². The van der Waals surface area contributed by atoms with Crippen LogP contribution in [0.3, 0.4) is 0 Å². The molecule has 6 heteroatoms. The molecule has 1 aromatic heterocycles. The summed E-state index contributed by atoms with van der Waals surface area (Å²) in [5, 5.41) is 4.08. The van der Waals surface area contributed by atoms with Crippen molar-refractivity contribution in [3.05, 3.63) is 10.2 Å². The van der Waals surface area contributed by atoms with Crippen LogP contribution in [0.5, 0.6) is 0 Å². The van der Waals surface area contributed by atoms with E-state index in [1.165, 1.54) is 4.68 Å². The van der Waals surface area contributed by atoms with Gasteiger partial charge in [0.25, 0.3) is 0 Å². The quantitative estimate of drug-likeness (QED) is 0.828. The average Bonchev–Trinajstić information content (AvgIpc) is 2.34. The smallest absolute Gasteiger partial charge is 0.327 e. The zero-order valence-electron chi connectivity index (χ0n) is 8.08. The predicted molar refractivity (Wildman–Crippen MR) is 55.7 cm³/mol. The van der Waals surface area contributed by atoms with E-state index in [-0.39, 0.29) is 12.5 Å². The van der Waals surface area contributed by atoms with Crippen molar-refractivity contribution in [3.63, 3.8) is 0 Å². The van der Waals surface area contributed by atoms with E-state index in [0.717, 1.165) is 10.2 Å². The van der Waals surface area contributed by atoms with Crippen LogP contribution in [0.4, 0.5) is 5.82 Å². The molecule has 5 nitrogen and oxygen atoms in total. The Morgan fingerprint density at radius 3 is 2.79 bits per heavy atom. The van der Waals surface area contributed by atoms with Gasteiger partial charge in [0.15, 0.2) is 0 Å². The highest BCUT2D eigenvalue weighted by atomic mass is 79.9. The normalized spacial score (nSPS) is 10.2. The van der Waals surface area contributed by atoms with Gasteiger partial charge in [-0.05, 0) is 29.8 Å². The first-order valence-corrected chi connectivity index (χ1v) is 4.99. The number of hydrogen-bond acceptors (Lipinski definition) is 4. The number of anilines is 1. The van der Waals surface area contributed by atoms with Crippen LogP contribution < -0.4 is 5.73 Å². The van der Waals surface area contributed by atoms with Crippen molar-refractivity contribution < 1.29 is 9.53 Å². The van der Waals surface area contributed by atoms with Crippen molar-refractivity contribution in [2.75, 3.05) is 12.3 Å². The molecule has 0 spiro atoms. The summed E-state index contributed by atoms with van der Waals surface area (Å²) in [7, 11) is 0. The molecule has 0 bridgehead atoms. The van der Waals surface area contributed by atoms with E-state index in [2.05, 4.69) is 21.0 Å². The van der Waals surface area contributed by atoms with E-state index in [0.29, 0.717) is 12.4 Å². The average molecular weight is 262 g/mol. The molecule has 0 aliphatic rings. The molecule has 0 radical (unpaired) electrons. The molecule has 0 aromatic carbocycles. The highest BCUT2D eigenvalue weighted by Gasteiger charge is 2.12. The summed E-state index contributed by atoms with van der Waals surface area (Å²) in [5.74, 6) is 0.102. The molecule has 0 aliphatic carbocycles. The Hall–Kier alpha value is -1.04. The fraction of sp³-hybridized carbons (Fsp3) is 0.500. The molecule has 1 rings (SSSR count). The van der Waals surface area contributed by atoms with Crippen molar-refractivity contribution in [1.82, 2.24) is 9.78 Å². The second kappa shape index (κ2) is 4.45. The zero-order chi connectivity index (χ0) is 10.7. The van der Waals surface area contributed by atoms with Gasteiger partial charge in [0.2, 0.25) is 0 Å². The predicted octanol–water partition coefficient (Wildman–Crippen LogP) is 1.10. The Balaban J connectivity index is 2.77. The van der Waals surface area contributed by atoms with Gasteiger partial charge in [0.1, 0.15) is 12.4 Å². The molecule has 1 aromatic rings. The Morgan fingerprint density at radius 2 is 2.36 bits per heavy atom. The maximum atomic E-state index is 11.1. The van der Waals surface area contributed by atoms with Gasteiger partial charge in [-0.2, -0.15) is 5.10 Å². The van der Waals surface area contributed by atoms with Gasteiger partial charge in [0.05, 0.1) is 16.8 Å². The van der Waals surface area contributed by atoms with Crippen molar-refractivity contribution in [1.29, 1.82) is 0 Å². The molecule has 14 heavy (non-hydrogen) atoms. The van der Waals surface area contributed by atoms with Crippen LogP contribution >= 0.6 is 15.9 Å². The Morgan fingerprint density at radius 1 is 1.71 bits per heavy atom. The van der Waals surface area contributed by atoms with Gasteiger partial charge in [-0.3, -0.25) is 4.79 Å². The molecule has 2 N–H and O–H groups in total. The number of hydrogen-bond donors (Lipinski definition) is 1. The number of nitrogens with two attached hydrogens (primary N) is 1. The van der Waals surface area contributed by atoms with Crippen molar-refractivity contribution in [3.8, 4) is 0 Å². The van der Waals surface area contributed by atoms with Crippen LogP contribution in [-0.2, 0) is 16.1 Å². The van der Waals surface area contributed by atoms with E-state index in [9.17, 15) is 4.79 Å². The molecule has 0 unspecified atom stereocenters. The van der Waals surface area contributed by atoms with Crippen molar-refractivity contribution in [2.24, 2.45) is 0 Å². The number of esters is 1. The van der Waals surface area contributed by atoms with Crippen LogP contribution in [0, 0.1) is 6.92 Å². The molecule has 1 heterocycles. The number of aromatic nitrogens is 2. The minimum Gasteiger partial charge on any atom is -0.465 e. The van der Waals surface area contributed by atoms with Crippen LogP contribution in [-0.4, -0.2) is 22.4 Å². The number of carbonyl (C=O) groups is 1. The molecule has 0 amide bonds. The van der Waals surface area contributed by atoms with Gasteiger partial charge in [-0.1, -0.05) is 0 Å². The van der Waals surface area contributed by atoms with E-state index in [4.69, 9.17) is 10.5 Å². The third kappa shape index (κ3) is 2.25. The van der Waals surface area contributed by atoms with E-state index >= 15 is 0 Å². The van der Waals surface area contributed by atoms with Gasteiger partial charge in [0, 0.05) is 0 Å². The Kier molecular flexibility index (Phi) is 3.51. The lowest BCUT2D eigenvalue weighted by Crippen LogP contribution is -2.16. The number of carbonyl (C=O) groups excluding carboxylic acids is 1. The molecular formula is C8H12BrN3O2. The first-order valence-electron chi connectivity index (χ1n) is 4.20. The minimum absolute atomic E-state index is 0.0477. The van der Waals surface area contributed by atoms with E-state index in [1.54, 1.807) is 6.92 Å². The largest absolute Gasteiger partial charge is 0.465 e. The molecule has 0 aliphatic heterocycles. The summed E-state index contributed by atoms with van der Waals surface area (Å²) < 4.78 is 6.92. The first-order chi connectivity index (χ1) is 6.56. The maximum Gasteiger partial charge on any atom is 0.327 e. The monoisotopic (exact) mass is 261 g/mol. The Bertz CT molecular complexity index is 349. The lowest BCUT2D eigenvalue weighted by atomic mass is 10.5. The fourth-order valence-electron chi connectivity index (χ4n) is 1.03. The highest BCUT2D eigenvalue weighted by Crippen LogP contribution is 2.22. The first kappa shape index (κ1) is 11.0. The minimum atomic E-state index is -0.339. The summed E-state index contributed by atoms with van der Waals surface area (Å²) in [6.07, 6.45) is 0. The van der Waals surface area contributed by atoms with Gasteiger partial charge in [-0.25, -0.2) is 4.68 Å². The van der Waals surface area contributed by atoms with Gasteiger partial charge in [-0.15, -0.1) is 0 Å². The van der Waals surface area contributed by atoms with Gasteiger partial charge < -0.3 is 10.5 Å². The van der Waals surface area contributed by atoms with Crippen LogP contribution in [0.2, 0.25) is 0 Å². The third-order valence-corrected chi connectivity index (χ3v) is 2.66. The zero-order valence-corrected chi connectivity index (χ0v) is 9.67. The molecule has 0 saturated carbocycles. The van der Waals surface area contributed by atoms with Crippen LogP contribution in [0.25, 0.3) is 0 Å². The number of ether oxygens (including phenoxy) is 1. The summed E-state index contributed by atoms with van der Waals surface area (Å²) in [4.78, 5) is 11.1. The second-order valence-electron chi connectivity index (χ2n) is 2.75. The van der Waals surface area contributed by atoms with Crippen LogP contribution in [0.1, 0.15) is 12.6 Å². The number of nitrogens with zero attached hydrogens (tertiary/aromatic N) is 2. The topological polar surface area (TPSA) is 70.1 Å². The lowest BCUT2D eigenvalue weighted by Gasteiger charge is -2.03. The molecule has 0 atom stereocenters. The summed E-state index contributed by atoms with van der Waals surface area (Å²) >= 11 is 3.27. The second-order valence-corrected chi connectivity index (χ2v) is 3.54. The van der Waals surface area contributed by atoms with Gasteiger partial charge >= 0.3 is 5.97 Å². The number of rotatable bonds is 3. The number of aryl methyl sites for hydroxylation is 1.